The maximum Gasteiger partial charge on any atom is 0.316 e. The highest BCUT2D eigenvalue weighted by molar-refractivity contribution is 7.99. The van der Waals surface area contributed by atoms with Crippen molar-refractivity contribution in [2.24, 2.45) is 0 Å². The summed E-state index contributed by atoms with van der Waals surface area (Å²) in [6, 6.07) is 0.755. The Morgan fingerprint density at radius 3 is 2.83 bits per heavy atom. The maximum atomic E-state index is 13.4. The van der Waals surface area contributed by atoms with E-state index in [2.05, 4.69) is 15.0 Å². The summed E-state index contributed by atoms with van der Waals surface area (Å²) < 4.78 is 31.2. The Morgan fingerprint density at radius 1 is 1.50 bits per heavy atom. The third-order valence-electron chi connectivity index (χ3n) is 1.99. The zero-order chi connectivity index (χ0) is 13.5. The normalized spacial score (nSPS) is 10.2. The molecular weight excluding hydrogens is 262 g/mol. The lowest BCUT2D eigenvalue weighted by atomic mass is 10.4. The van der Waals surface area contributed by atoms with Crippen LogP contribution in [-0.4, -0.2) is 30.4 Å². The number of rotatable bonds is 6. The molecule has 100 valence electrons. The summed E-state index contributed by atoms with van der Waals surface area (Å²) in [7, 11) is 1.24. The van der Waals surface area contributed by atoms with E-state index in [-0.39, 0.29) is 16.6 Å². The first-order valence-corrected chi connectivity index (χ1v) is 6.36. The molecule has 1 aromatic rings. The summed E-state index contributed by atoms with van der Waals surface area (Å²) in [6.07, 6.45) is 0.795. The van der Waals surface area contributed by atoms with E-state index in [9.17, 15) is 13.6 Å². The summed E-state index contributed by atoms with van der Waals surface area (Å²) >= 11 is 0.869. The summed E-state index contributed by atoms with van der Waals surface area (Å²) in [5.74, 6) is -2.11. The van der Waals surface area contributed by atoms with Crippen molar-refractivity contribution in [1.29, 1.82) is 0 Å². The van der Waals surface area contributed by atoms with Crippen LogP contribution >= 0.6 is 11.8 Å². The molecule has 4 nitrogen and oxygen atoms in total. The van der Waals surface area contributed by atoms with Gasteiger partial charge < -0.3 is 10.1 Å². The number of pyridine rings is 1. The van der Waals surface area contributed by atoms with Crippen LogP contribution in [0, 0.1) is 11.6 Å². The van der Waals surface area contributed by atoms with Gasteiger partial charge in [0.05, 0.1) is 12.9 Å². The first kappa shape index (κ1) is 14.7. The average Bonchev–Trinajstić information content (AvgIpc) is 2.36. The zero-order valence-corrected chi connectivity index (χ0v) is 10.9. The SMILES string of the molecule is CCCNc1nc(SCC(=O)OC)c(F)cc1F. The summed E-state index contributed by atoms with van der Waals surface area (Å²) in [6.45, 7) is 2.46. The van der Waals surface area contributed by atoms with E-state index in [0.717, 1.165) is 24.2 Å². The fraction of sp³-hybridized carbons (Fsp3) is 0.455. The van der Waals surface area contributed by atoms with Gasteiger partial charge in [0.25, 0.3) is 0 Å². The number of methoxy groups -OCH3 is 1. The highest BCUT2D eigenvalue weighted by atomic mass is 32.2. The number of aromatic nitrogens is 1. The molecule has 0 radical (unpaired) electrons. The molecule has 0 aliphatic carbocycles. The van der Waals surface area contributed by atoms with Gasteiger partial charge in [-0.25, -0.2) is 13.8 Å². The highest BCUT2D eigenvalue weighted by Crippen LogP contribution is 2.23. The third-order valence-corrected chi connectivity index (χ3v) is 2.93. The number of nitrogens with one attached hydrogen (secondary N) is 1. The van der Waals surface area contributed by atoms with Crippen LogP contribution < -0.4 is 5.32 Å². The number of anilines is 1. The fourth-order valence-electron chi connectivity index (χ4n) is 1.10. The van der Waals surface area contributed by atoms with Crippen molar-refractivity contribution in [2.45, 2.75) is 18.4 Å². The second-order valence-corrected chi connectivity index (χ2v) is 4.36. The lowest BCUT2D eigenvalue weighted by Crippen LogP contribution is -2.08. The molecule has 0 aromatic carbocycles. The number of carbonyl (C=O) groups is 1. The predicted octanol–water partition coefficient (Wildman–Crippen LogP) is 2.45. The van der Waals surface area contributed by atoms with Crippen molar-refractivity contribution < 1.29 is 18.3 Å². The number of halogens is 2. The number of nitrogens with zero attached hydrogens (tertiary/aromatic N) is 1. The Balaban J connectivity index is 2.80. The van der Waals surface area contributed by atoms with Crippen LogP contribution in [0.2, 0.25) is 0 Å². The Kier molecular flexibility index (Phi) is 5.84. The molecule has 0 aliphatic rings. The molecule has 0 bridgehead atoms. The number of thioether (sulfide) groups is 1. The number of hydrogen-bond acceptors (Lipinski definition) is 5. The van der Waals surface area contributed by atoms with E-state index in [4.69, 9.17) is 0 Å². The van der Waals surface area contributed by atoms with Crippen molar-refractivity contribution in [3.05, 3.63) is 17.7 Å². The summed E-state index contributed by atoms with van der Waals surface area (Å²) in [4.78, 5) is 14.7. The Hall–Kier alpha value is -1.37. The van der Waals surface area contributed by atoms with Crippen molar-refractivity contribution in [3.8, 4) is 0 Å². The molecule has 0 spiro atoms. The average molecular weight is 276 g/mol. The van der Waals surface area contributed by atoms with Gasteiger partial charge in [-0.05, 0) is 6.42 Å². The van der Waals surface area contributed by atoms with E-state index >= 15 is 0 Å². The minimum absolute atomic E-state index is 0.00869. The summed E-state index contributed by atoms with van der Waals surface area (Å²) in [5.41, 5.74) is 0. The molecule has 18 heavy (non-hydrogen) atoms. The zero-order valence-electron chi connectivity index (χ0n) is 10.1. The van der Waals surface area contributed by atoms with Crippen molar-refractivity contribution >= 4 is 23.5 Å². The molecule has 1 aromatic heterocycles. The number of ether oxygens (including phenoxy) is 1. The molecule has 0 fully saturated rings. The molecule has 0 saturated carbocycles. The molecule has 1 heterocycles. The molecule has 0 atom stereocenters. The van der Waals surface area contributed by atoms with Crippen LogP contribution in [0.25, 0.3) is 0 Å². The van der Waals surface area contributed by atoms with E-state index in [0.29, 0.717) is 6.54 Å². The highest BCUT2D eigenvalue weighted by Gasteiger charge is 2.13. The van der Waals surface area contributed by atoms with Crippen LogP contribution in [0.4, 0.5) is 14.6 Å². The van der Waals surface area contributed by atoms with Gasteiger partial charge in [-0.1, -0.05) is 18.7 Å². The number of carbonyl (C=O) groups excluding carboxylic acids is 1. The van der Waals surface area contributed by atoms with Gasteiger partial charge in [-0.3, -0.25) is 4.79 Å². The monoisotopic (exact) mass is 276 g/mol. The van der Waals surface area contributed by atoms with Crippen molar-refractivity contribution in [1.82, 2.24) is 4.98 Å². The predicted molar refractivity (Wildman–Crippen MR) is 65.7 cm³/mol. The van der Waals surface area contributed by atoms with E-state index < -0.39 is 17.6 Å². The topological polar surface area (TPSA) is 51.2 Å². The summed E-state index contributed by atoms with van der Waals surface area (Å²) in [5, 5.41) is 2.72. The Morgan fingerprint density at radius 2 is 2.22 bits per heavy atom. The van der Waals surface area contributed by atoms with E-state index in [1.54, 1.807) is 0 Å². The molecule has 1 N–H and O–H groups in total. The fourth-order valence-corrected chi connectivity index (χ4v) is 1.83. The first-order chi connectivity index (χ1) is 8.58. The van der Waals surface area contributed by atoms with Gasteiger partial charge in [0, 0.05) is 12.6 Å². The first-order valence-electron chi connectivity index (χ1n) is 5.38. The van der Waals surface area contributed by atoms with Crippen LogP contribution in [-0.2, 0) is 9.53 Å². The molecular formula is C11H14F2N2O2S. The van der Waals surface area contributed by atoms with Gasteiger partial charge in [-0.15, -0.1) is 0 Å². The Bertz CT molecular complexity index is 430. The lowest BCUT2D eigenvalue weighted by Gasteiger charge is -2.08. The number of hydrogen-bond donors (Lipinski definition) is 1. The minimum Gasteiger partial charge on any atom is -0.468 e. The molecule has 0 unspecified atom stereocenters. The molecule has 1 rings (SSSR count). The van der Waals surface area contributed by atoms with Crippen molar-refractivity contribution in [2.75, 3.05) is 24.7 Å². The van der Waals surface area contributed by atoms with Gasteiger partial charge in [0.15, 0.2) is 17.5 Å². The van der Waals surface area contributed by atoms with Crippen LogP contribution in [0.3, 0.4) is 0 Å². The van der Waals surface area contributed by atoms with Crippen LogP contribution in [0.15, 0.2) is 11.1 Å². The quantitative estimate of drug-likeness (QED) is 0.639. The largest absolute Gasteiger partial charge is 0.468 e. The van der Waals surface area contributed by atoms with Gasteiger partial charge in [0.1, 0.15) is 5.03 Å². The third kappa shape index (κ3) is 4.14. The maximum absolute atomic E-state index is 13.4. The standard InChI is InChI=1S/C11H14F2N2O2S/c1-3-4-14-10-7(12)5-8(13)11(15-10)18-6-9(16)17-2/h5H,3-4,6H2,1-2H3,(H,14,15). The van der Waals surface area contributed by atoms with Gasteiger partial charge in [-0.2, -0.15) is 0 Å². The van der Waals surface area contributed by atoms with Crippen LogP contribution in [0.5, 0.6) is 0 Å². The van der Waals surface area contributed by atoms with Gasteiger partial charge in [0.2, 0.25) is 0 Å². The second kappa shape index (κ2) is 7.15. The number of esters is 1. The molecule has 0 saturated heterocycles. The molecule has 7 heteroatoms. The molecule has 0 aliphatic heterocycles. The van der Waals surface area contributed by atoms with Crippen LogP contribution in [0.1, 0.15) is 13.3 Å². The van der Waals surface area contributed by atoms with Gasteiger partial charge >= 0.3 is 5.97 Å². The minimum atomic E-state index is -0.788. The van der Waals surface area contributed by atoms with E-state index in [1.165, 1.54) is 7.11 Å². The van der Waals surface area contributed by atoms with E-state index in [1.807, 2.05) is 6.92 Å². The smallest absolute Gasteiger partial charge is 0.316 e. The lowest BCUT2D eigenvalue weighted by molar-refractivity contribution is -0.137. The van der Waals surface area contributed by atoms with Crippen molar-refractivity contribution in [3.63, 3.8) is 0 Å². The second-order valence-electron chi connectivity index (χ2n) is 3.40. The Labute approximate surface area is 108 Å². The molecule has 0 amide bonds.